The summed E-state index contributed by atoms with van der Waals surface area (Å²) in [5.74, 6) is -0.937. The molecule has 0 bridgehead atoms. The molecule has 156 valence electrons. The van der Waals surface area contributed by atoms with Gasteiger partial charge in [-0.05, 0) is 41.3 Å². The van der Waals surface area contributed by atoms with E-state index < -0.39 is 12.0 Å². The van der Waals surface area contributed by atoms with Crippen molar-refractivity contribution < 1.29 is 14.3 Å². The first-order valence-electron chi connectivity index (χ1n) is 9.87. The summed E-state index contributed by atoms with van der Waals surface area (Å²) in [5, 5.41) is 14.1. The Morgan fingerprint density at radius 1 is 1.19 bits per heavy atom. The molecule has 0 fully saturated rings. The zero-order chi connectivity index (χ0) is 21.8. The van der Waals surface area contributed by atoms with Gasteiger partial charge in [-0.15, -0.1) is 11.3 Å². The highest BCUT2D eigenvalue weighted by atomic mass is 32.1. The number of hydrogen-bond donors (Lipinski definition) is 1. The lowest BCUT2D eigenvalue weighted by atomic mass is 9.81. The van der Waals surface area contributed by atoms with Crippen molar-refractivity contribution >= 4 is 28.8 Å². The van der Waals surface area contributed by atoms with E-state index in [-0.39, 0.29) is 11.8 Å². The van der Waals surface area contributed by atoms with Crippen LogP contribution in [-0.4, -0.2) is 37.0 Å². The van der Waals surface area contributed by atoms with Crippen LogP contribution in [-0.2, 0) is 9.53 Å². The zero-order valence-corrected chi connectivity index (χ0v) is 17.8. The minimum Gasteiger partial charge on any atom is -0.383 e. The molecule has 0 saturated heterocycles. The lowest BCUT2D eigenvalue weighted by Gasteiger charge is -2.41. The standard InChI is InChI=1S/C24H21N3O3S/c1-30-12-11-27-22(20-10-5-13-31-20)21(18-8-2-3-9-19(18)24(27)29)23(28)26-17-7-4-6-16(14-17)15-25/h2-10,13-14,21-22H,11-12H2,1H3,(H,26,28)/t21-,22+/m1/s1. The largest absolute Gasteiger partial charge is 0.383 e. The second-order valence-corrected chi connectivity index (χ2v) is 8.18. The van der Waals surface area contributed by atoms with Crippen molar-refractivity contribution in [3.05, 3.63) is 87.6 Å². The van der Waals surface area contributed by atoms with Crippen molar-refractivity contribution in [2.75, 3.05) is 25.6 Å². The molecule has 6 nitrogen and oxygen atoms in total. The van der Waals surface area contributed by atoms with E-state index in [4.69, 9.17) is 4.74 Å². The fourth-order valence-corrected chi connectivity index (χ4v) is 4.85. The summed E-state index contributed by atoms with van der Waals surface area (Å²) < 4.78 is 5.24. The van der Waals surface area contributed by atoms with Gasteiger partial charge in [0.05, 0.1) is 30.2 Å². The van der Waals surface area contributed by atoms with Crippen molar-refractivity contribution in [2.45, 2.75) is 12.0 Å². The number of nitriles is 1. The van der Waals surface area contributed by atoms with Crippen LogP contribution in [0.3, 0.4) is 0 Å². The second-order valence-electron chi connectivity index (χ2n) is 7.20. The molecule has 0 spiro atoms. The Kier molecular flexibility index (Phi) is 6.12. The number of benzene rings is 2. The highest BCUT2D eigenvalue weighted by Crippen LogP contribution is 2.44. The summed E-state index contributed by atoms with van der Waals surface area (Å²) in [4.78, 5) is 29.6. The first-order chi connectivity index (χ1) is 15.1. The van der Waals surface area contributed by atoms with Gasteiger partial charge in [-0.1, -0.05) is 30.3 Å². The van der Waals surface area contributed by atoms with E-state index in [0.29, 0.717) is 35.5 Å². The Morgan fingerprint density at radius 3 is 2.77 bits per heavy atom. The normalized spacial score (nSPS) is 17.7. The first-order valence-corrected chi connectivity index (χ1v) is 10.7. The van der Waals surface area contributed by atoms with Crippen molar-refractivity contribution in [1.29, 1.82) is 5.26 Å². The van der Waals surface area contributed by atoms with Gasteiger partial charge >= 0.3 is 0 Å². The Balaban J connectivity index is 1.79. The highest BCUT2D eigenvalue weighted by molar-refractivity contribution is 7.10. The number of nitrogens with zero attached hydrogens (tertiary/aromatic N) is 2. The molecule has 4 rings (SSSR count). The van der Waals surface area contributed by atoms with E-state index >= 15 is 0 Å². The van der Waals surface area contributed by atoms with Crippen LogP contribution in [0.5, 0.6) is 0 Å². The van der Waals surface area contributed by atoms with E-state index in [1.807, 2.05) is 35.7 Å². The topological polar surface area (TPSA) is 82.4 Å². The van der Waals surface area contributed by atoms with Gasteiger partial charge < -0.3 is 15.0 Å². The monoisotopic (exact) mass is 431 g/mol. The minimum atomic E-state index is -0.602. The highest BCUT2D eigenvalue weighted by Gasteiger charge is 2.44. The van der Waals surface area contributed by atoms with Gasteiger partial charge in [0.15, 0.2) is 0 Å². The summed E-state index contributed by atoms with van der Waals surface area (Å²) in [5.41, 5.74) is 2.24. The average molecular weight is 432 g/mol. The number of thiophene rings is 1. The predicted molar refractivity (Wildman–Crippen MR) is 119 cm³/mol. The van der Waals surface area contributed by atoms with Crippen molar-refractivity contribution in [3.63, 3.8) is 0 Å². The predicted octanol–water partition coefficient (Wildman–Crippen LogP) is 4.19. The lowest BCUT2D eigenvalue weighted by molar-refractivity contribution is -0.119. The van der Waals surface area contributed by atoms with Crippen molar-refractivity contribution in [2.24, 2.45) is 0 Å². The number of fused-ring (bicyclic) bond motifs is 1. The smallest absolute Gasteiger partial charge is 0.254 e. The number of anilines is 1. The molecule has 0 unspecified atom stereocenters. The molecule has 2 amide bonds. The van der Waals surface area contributed by atoms with Gasteiger partial charge in [-0.2, -0.15) is 5.26 Å². The fraction of sp³-hybridized carbons (Fsp3) is 0.208. The average Bonchev–Trinajstić information content (AvgIpc) is 3.33. The van der Waals surface area contributed by atoms with Gasteiger partial charge in [0.25, 0.3) is 5.91 Å². The van der Waals surface area contributed by atoms with E-state index in [0.717, 1.165) is 4.88 Å². The quantitative estimate of drug-likeness (QED) is 0.635. The third-order valence-electron chi connectivity index (χ3n) is 5.35. The number of amides is 2. The van der Waals surface area contributed by atoms with Crippen LogP contribution in [0.2, 0.25) is 0 Å². The summed E-state index contributed by atoms with van der Waals surface area (Å²) >= 11 is 1.52. The maximum Gasteiger partial charge on any atom is 0.254 e. The summed E-state index contributed by atoms with van der Waals surface area (Å²) in [6, 6.07) is 19.6. The number of ether oxygens (including phenoxy) is 1. The molecule has 0 radical (unpaired) electrons. The van der Waals surface area contributed by atoms with Gasteiger partial charge in [0.1, 0.15) is 0 Å². The van der Waals surface area contributed by atoms with E-state index in [1.165, 1.54) is 11.3 Å². The minimum absolute atomic E-state index is 0.110. The van der Waals surface area contributed by atoms with Crippen LogP contribution < -0.4 is 5.32 Å². The Morgan fingerprint density at radius 2 is 2.03 bits per heavy atom. The Labute approximate surface area is 184 Å². The second kappa shape index (κ2) is 9.13. The summed E-state index contributed by atoms with van der Waals surface area (Å²) in [7, 11) is 1.59. The van der Waals surface area contributed by atoms with Crippen molar-refractivity contribution in [1.82, 2.24) is 4.90 Å². The number of carbonyl (C=O) groups excluding carboxylic acids is 2. The molecule has 1 N–H and O–H groups in total. The van der Waals surface area contributed by atoms with Crippen LogP contribution in [0.15, 0.2) is 66.0 Å². The maximum atomic E-state index is 13.6. The van der Waals surface area contributed by atoms with Gasteiger partial charge in [0, 0.05) is 29.8 Å². The molecule has 3 aromatic rings. The van der Waals surface area contributed by atoms with E-state index in [9.17, 15) is 14.9 Å². The first kappa shape index (κ1) is 20.8. The molecule has 1 aliphatic heterocycles. The lowest BCUT2D eigenvalue weighted by Crippen LogP contribution is -2.47. The number of nitrogens with one attached hydrogen (secondary N) is 1. The molecule has 2 aromatic carbocycles. The third kappa shape index (κ3) is 4.08. The van der Waals surface area contributed by atoms with Gasteiger partial charge in [-0.3, -0.25) is 9.59 Å². The van der Waals surface area contributed by atoms with Crippen LogP contribution in [0, 0.1) is 11.3 Å². The van der Waals surface area contributed by atoms with E-state index in [2.05, 4.69) is 11.4 Å². The van der Waals surface area contributed by atoms with E-state index in [1.54, 1.807) is 42.3 Å². The summed E-state index contributed by atoms with van der Waals surface area (Å²) in [6.45, 7) is 0.744. The molecule has 2 atom stereocenters. The third-order valence-corrected chi connectivity index (χ3v) is 6.29. The Hall–Kier alpha value is -3.47. The van der Waals surface area contributed by atoms with Crippen LogP contribution >= 0.6 is 11.3 Å². The summed E-state index contributed by atoms with van der Waals surface area (Å²) in [6.07, 6.45) is 0. The van der Waals surface area contributed by atoms with Crippen molar-refractivity contribution in [3.8, 4) is 6.07 Å². The number of hydrogen-bond acceptors (Lipinski definition) is 5. The van der Waals surface area contributed by atoms with Crippen LogP contribution in [0.4, 0.5) is 5.69 Å². The van der Waals surface area contributed by atoms with Gasteiger partial charge in [-0.25, -0.2) is 0 Å². The number of methoxy groups -OCH3 is 1. The van der Waals surface area contributed by atoms with Gasteiger partial charge in [0.2, 0.25) is 5.91 Å². The molecule has 31 heavy (non-hydrogen) atoms. The molecular weight excluding hydrogens is 410 g/mol. The molecule has 7 heteroatoms. The number of carbonyl (C=O) groups is 2. The SMILES string of the molecule is COCCN1C(=O)c2ccccc2[C@@H](C(=O)Nc2cccc(C#N)c2)[C@@H]1c1cccs1. The fourth-order valence-electron chi connectivity index (χ4n) is 3.97. The molecular formula is C24H21N3O3S. The molecule has 1 aliphatic rings. The maximum absolute atomic E-state index is 13.6. The molecule has 0 aliphatic carbocycles. The zero-order valence-electron chi connectivity index (χ0n) is 16.9. The molecule has 0 saturated carbocycles. The van der Waals surface area contributed by atoms with Crippen LogP contribution in [0.1, 0.15) is 38.3 Å². The van der Waals surface area contributed by atoms with Crippen LogP contribution in [0.25, 0.3) is 0 Å². The Bertz CT molecular complexity index is 1140. The number of rotatable bonds is 6. The molecule has 1 aromatic heterocycles. The molecule has 2 heterocycles.